The highest BCUT2D eigenvalue weighted by atomic mass is 16.7. The minimum Gasteiger partial charge on any atom is -0.429 e. The van der Waals surface area contributed by atoms with Crippen molar-refractivity contribution in [2.75, 3.05) is 0 Å². The maximum atomic E-state index is 11.9. The molecule has 22 heavy (non-hydrogen) atoms. The van der Waals surface area contributed by atoms with Gasteiger partial charge in [0.05, 0.1) is 0 Å². The molecular formula is C19H20O3. The van der Waals surface area contributed by atoms with Gasteiger partial charge in [-0.25, -0.2) is 4.79 Å². The Hall–Kier alpha value is -2.51. The van der Waals surface area contributed by atoms with Crippen LogP contribution in [0.5, 0.6) is 0 Å². The highest BCUT2D eigenvalue weighted by Gasteiger charge is 2.21. The first-order chi connectivity index (χ1) is 10.4. The van der Waals surface area contributed by atoms with Crippen molar-refractivity contribution in [3.63, 3.8) is 0 Å². The molecule has 3 heteroatoms. The van der Waals surface area contributed by atoms with Gasteiger partial charge in [-0.15, -0.1) is 5.73 Å². The van der Waals surface area contributed by atoms with Crippen LogP contribution in [0.15, 0.2) is 60.9 Å². The van der Waals surface area contributed by atoms with Gasteiger partial charge in [-0.05, 0) is 43.2 Å². The third-order valence-electron chi connectivity index (χ3n) is 2.98. The first kappa shape index (κ1) is 15.9. The van der Waals surface area contributed by atoms with Crippen molar-refractivity contribution in [2.24, 2.45) is 0 Å². The largest absolute Gasteiger partial charge is 0.509 e. The summed E-state index contributed by atoms with van der Waals surface area (Å²) in [6, 6.07) is 13.9. The molecule has 0 heterocycles. The van der Waals surface area contributed by atoms with Gasteiger partial charge in [0, 0.05) is 6.08 Å². The van der Waals surface area contributed by atoms with Crippen LogP contribution in [-0.4, -0.2) is 11.8 Å². The number of carbonyl (C=O) groups is 1. The van der Waals surface area contributed by atoms with Gasteiger partial charge in [0.1, 0.15) is 5.60 Å². The predicted octanol–water partition coefficient (Wildman–Crippen LogP) is 5.17. The van der Waals surface area contributed by atoms with Crippen LogP contribution in [0.25, 0.3) is 10.8 Å². The number of hydrogen-bond acceptors (Lipinski definition) is 3. The molecule has 0 aliphatic carbocycles. The third kappa shape index (κ3) is 4.24. The third-order valence-corrected chi connectivity index (χ3v) is 2.98. The number of fused-ring (bicyclic) bond motifs is 1. The van der Waals surface area contributed by atoms with E-state index < -0.39 is 17.9 Å². The van der Waals surface area contributed by atoms with E-state index in [1.807, 2.05) is 42.5 Å². The molecule has 2 aromatic rings. The Morgan fingerprint density at radius 2 is 1.86 bits per heavy atom. The Balaban J connectivity index is 2.26. The van der Waals surface area contributed by atoms with Crippen molar-refractivity contribution in [3.8, 4) is 0 Å². The lowest BCUT2D eigenvalue weighted by atomic mass is 10.0. The minimum absolute atomic E-state index is 0.572. The first-order valence-corrected chi connectivity index (χ1v) is 7.13. The molecule has 0 spiro atoms. The van der Waals surface area contributed by atoms with Crippen LogP contribution in [0.4, 0.5) is 4.79 Å². The van der Waals surface area contributed by atoms with Crippen molar-refractivity contribution in [3.05, 3.63) is 66.4 Å². The fourth-order valence-electron chi connectivity index (χ4n) is 2.07. The predicted molar refractivity (Wildman–Crippen MR) is 87.7 cm³/mol. The van der Waals surface area contributed by atoms with Gasteiger partial charge in [0.25, 0.3) is 0 Å². The van der Waals surface area contributed by atoms with Gasteiger partial charge in [-0.1, -0.05) is 43.0 Å². The summed E-state index contributed by atoms with van der Waals surface area (Å²) in [7, 11) is 0. The summed E-state index contributed by atoms with van der Waals surface area (Å²) in [5.41, 5.74) is 2.93. The monoisotopic (exact) mass is 296 g/mol. The molecule has 0 aliphatic rings. The zero-order valence-corrected chi connectivity index (χ0v) is 13.1. The Morgan fingerprint density at radius 3 is 2.50 bits per heavy atom. The minimum atomic E-state index is -0.711. The van der Waals surface area contributed by atoms with E-state index in [-0.39, 0.29) is 0 Å². The van der Waals surface area contributed by atoms with E-state index in [9.17, 15) is 4.79 Å². The lowest BCUT2D eigenvalue weighted by Gasteiger charge is -2.21. The van der Waals surface area contributed by atoms with E-state index in [1.54, 1.807) is 26.8 Å². The molecule has 0 saturated carbocycles. The summed E-state index contributed by atoms with van der Waals surface area (Å²) < 4.78 is 10.6. The molecule has 2 aromatic carbocycles. The van der Waals surface area contributed by atoms with Crippen molar-refractivity contribution in [1.82, 2.24) is 0 Å². The second-order valence-electron chi connectivity index (χ2n) is 5.98. The van der Waals surface area contributed by atoms with Crippen molar-refractivity contribution in [1.29, 1.82) is 0 Å². The molecule has 114 valence electrons. The van der Waals surface area contributed by atoms with E-state index in [0.29, 0.717) is 0 Å². The van der Waals surface area contributed by atoms with Gasteiger partial charge in [0.2, 0.25) is 0 Å². The normalized spacial score (nSPS) is 12.3. The van der Waals surface area contributed by atoms with Crippen LogP contribution < -0.4 is 0 Å². The molecule has 0 radical (unpaired) electrons. The number of ether oxygens (including phenoxy) is 2. The summed E-state index contributed by atoms with van der Waals surface area (Å²) in [4.78, 5) is 11.9. The fourth-order valence-corrected chi connectivity index (χ4v) is 2.07. The second kappa shape index (κ2) is 6.50. The number of benzene rings is 2. The summed E-state index contributed by atoms with van der Waals surface area (Å²) in [6.45, 7) is 8.94. The average Bonchev–Trinajstić information content (AvgIpc) is 2.44. The number of hydrogen-bond donors (Lipinski definition) is 0. The maximum Gasteiger partial charge on any atom is 0.509 e. The van der Waals surface area contributed by atoms with Gasteiger partial charge in [-0.2, -0.15) is 0 Å². The lowest BCUT2D eigenvalue weighted by molar-refractivity contribution is -0.0188. The van der Waals surface area contributed by atoms with Crippen LogP contribution in [0.1, 0.15) is 32.4 Å². The molecule has 2 rings (SSSR count). The van der Waals surface area contributed by atoms with Crippen molar-refractivity contribution in [2.45, 2.75) is 32.5 Å². The van der Waals surface area contributed by atoms with Gasteiger partial charge < -0.3 is 9.47 Å². The zero-order valence-electron chi connectivity index (χ0n) is 13.1. The molecule has 0 aliphatic heterocycles. The van der Waals surface area contributed by atoms with Crippen LogP contribution >= 0.6 is 0 Å². The summed E-state index contributed by atoms with van der Waals surface area (Å²) in [6.07, 6.45) is 0.322. The summed E-state index contributed by atoms with van der Waals surface area (Å²) in [5, 5.41) is 2.21. The van der Waals surface area contributed by atoms with Gasteiger partial charge in [-0.3, -0.25) is 0 Å². The molecule has 0 saturated heterocycles. The highest BCUT2D eigenvalue weighted by Crippen LogP contribution is 2.25. The molecule has 1 atom stereocenters. The van der Waals surface area contributed by atoms with E-state index in [4.69, 9.17) is 9.47 Å². The topological polar surface area (TPSA) is 35.5 Å². The Labute approximate surface area is 130 Å². The first-order valence-electron chi connectivity index (χ1n) is 7.13. The standard InChI is InChI=1S/C19H20O3/c1-5-8-17(21-18(20)22-19(2,3)4)16-12-11-14-9-6-7-10-15(14)13-16/h6-13,17H,1H2,2-4H3. The number of carbonyl (C=O) groups excluding carboxylic acids is 1. The quantitative estimate of drug-likeness (QED) is 0.578. The van der Waals surface area contributed by atoms with Crippen LogP contribution in [0.3, 0.4) is 0 Å². The van der Waals surface area contributed by atoms with E-state index >= 15 is 0 Å². The maximum absolute atomic E-state index is 11.9. The fraction of sp³-hybridized carbons (Fsp3) is 0.263. The van der Waals surface area contributed by atoms with E-state index in [1.165, 1.54) is 0 Å². The summed E-state index contributed by atoms with van der Waals surface area (Å²) in [5.74, 6) is 0. The SMILES string of the molecule is C=C=CC(OC(=O)OC(C)(C)C)c1ccc2ccccc2c1. The smallest absolute Gasteiger partial charge is 0.429 e. The summed E-state index contributed by atoms with van der Waals surface area (Å²) >= 11 is 0. The Bertz CT molecular complexity index is 719. The lowest BCUT2D eigenvalue weighted by Crippen LogP contribution is -2.25. The van der Waals surface area contributed by atoms with Crippen LogP contribution in [-0.2, 0) is 9.47 Å². The molecule has 0 N–H and O–H groups in total. The van der Waals surface area contributed by atoms with Crippen LogP contribution in [0, 0.1) is 0 Å². The molecule has 0 aromatic heterocycles. The second-order valence-corrected chi connectivity index (χ2v) is 5.98. The molecule has 0 bridgehead atoms. The van der Waals surface area contributed by atoms with Crippen LogP contribution in [0.2, 0.25) is 0 Å². The molecule has 3 nitrogen and oxygen atoms in total. The molecule has 1 unspecified atom stereocenters. The van der Waals surface area contributed by atoms with E-state index in [2.05, 4.69) is 12.3 Å². The Morgan fingerprint density at radius 1 is 1.18 bits per heavy atom. The highest BCUT2D eigenvalue weighted by molar-refractivity contribution is 5.83. The number of rotatable bonds is 3. The average molecular weight is 296 g/mol. The molecule has 0 fully saturated rings. The van der Waals surface area contributed by atoms with E-state index in [0.717, 1.165) is 16.3 Å². The van der Waals surface area contributed by atoms with Crippen molar-refractivity contribution >= 4 is 16.9 Å². The molecular weight excluding hydrogens is 276 g/mol. The molecule has 0 amide bonds. The van der Waals surface area contributed by atoms with Gasteiger partial charge >= 0.3 is 6.16 Å². The zero-order chi connectivity index (χ0) is 16.2. The Kier molecular flexibility index (Phi) is 4.69. The van der Waals surface area contributed by atoms with Gasteiger partial charge in [0.15, 0.2) is 6.10 Å². The van der Waals surface area contributed by atoms with Crippen molar-refractivity contribution < 1.29 is 14.3 Å².